The molecule has 11 heteroatoms. The molecule has 0 bridgehead atoms. The standard InChI is InChI=1S/C33H36ClN5O4S/c1-21-6-12-24(13-7-21)39-33-30(31(36-39)22-8-10-23(34)11-9-22)32(26-18-25(42-4)14-15-27(26)43-5)44-20-29(41)38(33)19-28(40)35-16-17-37(2)3/h6-15,18,32H,16-17,19-20H2,1-5H3,(H,35,40)/t32-/m0/s1. The number of thioether (sulfide) groups is 1. The number of benzene rings is 3. The molecular formula is C33H36ClN5O4S. The van der Waals surface area contributed by atoms with Gasteiger partial charge < -0.3 is 19.7 Å². The smallest absolute Gasteiger partial charge is 0.240 e. The fraction of sp³-hybridized carbons (Fsp3) is 0.303. The summed E-state index contributed by atoms with van der Waals surface area (Å²) in [6, 6.07) is 21.0. The largest absolute Gasteiger partial charge is 0.497 e. The first-order chi connectivity index (χ1) is 21.2. The molecule has 1 aromatic heterocycles. The molecule has 0 radical (unpaired) electrons. The molecule has 1 N–H and O–H groups in total. The van der Waals surface area contributed by atoms with Crippen LogP contribution in [-0.2, 0) is 9.59 Å². The third kappa shape index (κ3) is 6.72. The van der Waals surface area contributed by atoms with Gasteiger partial charge in [0, 0.05) is 34.8 Å². The second-order valence-electron chi connectivity index (χ2n) is 10.8. The number of aryl methyl sites for hydroxylation is 1. The zero-order valence-corrected chi connectivity index (χ0v) is 27.0. The first-order valence-electron chi connectivity index (χ1n) is 14.2. The van der Waals surface area contributed by atoms with E-state index in [9.17, 15) is 9.59 Å². The number of methoxy groups -OCH3 is 2. The van der Waals surface area contributed by atoms with Crippen LogP contribution in [0, 0.1) is 6.92 Å². The molecular weight excluding hydrogens is 598 g/mol. The van der Waals surface area contributed by atoms with E-state index in [1.54, 1.807) is 23.8 Å². The van der Waals surface area contributed by atoms with Gasteiger partial charge >= 0.3 is 0 Å². The number of nitrogens with zero attached hydrogens (tertiary/aromatic N) is 4. The molecule has 2 heterocycles. The normalized spacial score (nSPS) is 14.8. The first kappa shape index (κ1) is 31.4. The molecule has 230 valence electrons. The molecule has 2 amide bonds. The number of rotatable bonds is 10. The van der Waals surface area contributed by atoms with Gasteiger partial charge in [-0.25, -0.2) is 4.68 Å². The lowest BCUT2D eigenvalue weighted by Gasteiger charge is -2.24. The van der Waals surface area contributed by atoms with E-state index in [0.717, 1.165) is 27.9 Å². The highest BCUT2D eigenvalue weighted by Crippen LogP contribution is 2.51. The maximum atomic E-state index is 14.0. The van der Waals surface area contributed by atoms with Crippen LogP contribution < -0.4 is 19.7 Å². The van der Waals surface area contributed by atoms with E-state index in [2.05, 4.69) is 5.32 Å². The topological polar surface area (TPSA) is 88.9 Å². The van der Waals surface area contributed by atoms with E-state index in [0.29, 0.717) is 41.1 Å². The number of carbonyl (C=O) groups is 2. The number of aromatic nitrogens is 2. The van der Waals surface area contributed by atoms with Crippen molar-refractivity contribution >= 4 is 41.0 Å². The minimum Gasteiger partial charge on any atom is -0.497 e. The Balaban J connectivity index is 1.77. The summed E-state index contributed by atoms with van der Waals surface area (Å²) < 4.78 is 13.2. The van der Waals surface area contributed by atoms with Crippen LogP contribution in [-0.4, -0.2) is 80.2 Å². The number of ether oxygens (including phenoxy) is 2. The van der Waals surface area contributed by atoms with Crippen molar-refractivity contribution in [3.05, 3.63) is 88.4 Å². The lowest BCUT2D eigenvalue weighted by atomic mass is 9.98. The summed E-state index contributed by atoms with van der Waals surface area (Å²) in [4.78, 5) is 30.8. The van der Waals surface area contributed by atoms with Gasteiger partial charge in [0.2, 0.25) is 11.8 Å². The molecule has 9 nitrogen and oxygen atoms in total. The minimum atomic E-state index is -0.384. The molecule has 1 aliphatic rings. The van der Waals surface area contributed by atoms with Gasteiger partial charge in [-0.15, -0.1) is 11.8 Å². The van der Waals surface area contributed by atoms with E-state index in [1.807, 2.05) is 92.6 Å². The molecule has 1 aliphatic heterocycles. The van der Waals surface area contributed by atoms with Gasteiger partial charge in [-0.2, -0.15) is 5.10 Å². The lowest BCUT2D eigenvalue weighted by Crippen LogP contribution is -2.43. The van der Waals surface area contributed by atoms with Gasteiger partial charge in [0.15, 0.2) is 0 Å². The van der Waals surface area contributed by atoms with E-state index in [-0.39, 0.29) is 29.4 Å². The van der Waals surface area contributed by atoms with Crippen LogP contribution in [0.15, 0.2) is 66.7 Å². The highest BCUT2D eigenvalue weighted by molar-refractivity contribution is 8.00. The number of nitrogens with one attached hydrogen (secondary N) is 1. The van der Waals surface area contributed by atoms with Crippen LogP contribution in [0.25, 0.3) is 16.9 Å². The summed E-state index contributed by atoms with van der Waals surface area (Å²) in [5.41, 5.74) is 4.98. The monoisotopic (exact) mass is 633 g/mol. The number of halogens is 1. The Labute approximate surface area is 267 Å². The fourth-order valence-corrected chi connectivity index (χ4v) is 6.45. The Hall–Kier alpha value is -3.99. The number of likely N-dealkylation sites (N-methyl/N-ethyl adjacent to an activating group) is 1. The third-order valence-electron chi connectivity index (χ3n) is 7.39. The molecule has 4 aromatic rings. The molecule has 1 atom stereocenters. The van der Waals surface area contributed by atoms with Crippen LogP contribution in [0.5, 0.6) is 11.5 Å². The molecule has 0 saturated carbocycles. The third-order valence-corrected chi connectivity index (χ3v) is 8.88. The Bertz CT molecular complexity index is 1640. The van der Waals surface area contributed by atoms with Crippen molar-refractivity contribution in [2.45, 2.75) is 12.2 Å². The summed E-state index contributed by atoms with van der Waals surface area (Å²) in [5.74, 6) is 1.54. The average Bonchev–Trinajstić information content (AvgIpc) is 3.33. The van der Waals surface area contributed by atoms with Crippen molar-refractivity contribution in [2.75, 3.05) is 58.6 Å². The van der Waals surface area contributed by atoms with E-state index in [4.69, 9.17) is 26.2 Å². The van der Waals surface area contributed by atoms with E-state index in [1.165, 1.54) is 11.8 Å². The zero-order valence-electron chi connectivity index (χ0n) is 25.5. The predicted molar refractivity (Wildman–Crippen MR) is 177 cm³/mol. The van der Waals surface area contributed by atoms with Crippen molar-refractivity contribution < 1.29 is 19.1 Å². The van der Waals surface area contributed by atoms with Gasteiger partial charge in [-0.1, -0.05) is 41.4 Å². The fourth-order valence-electron chi connectivity index (χ4n) is 5.11. The van der Waals surface area contributed by atoms with Gasteiger partial charge in [-0.05, 0) is 63.5 Å². The van der Waals surface area contributed by atoms with Crippen molar-refractivity contribution in [3.63, 3.8) is 0 Å². The number of hydrogen-bond acceptors (Lipinski definition) is 7. The summed E-state index contributed by atoms with van der Waals surface area (Å²) in [6.07, 6.45) is 0. The van der Waals surface area contributed by atoms with Crippen LogP contribution in [0.3, 0.4) is 0 Å². The SMILES string of the molecule is COc1ccc(OC)c([C@@H]2SCC(=O)N(CC(=O)NCCN(C)C)c3c2c(-c2ccc(Cl)cc2)nn3-c2ccc(C)cc2)c1. The number of fused-ring (bicyclic) bond motifs is 1. The van der Waals surface area contributed by atoms with Gasteiger partial charge in [-0.3, -0.25) is 14.5 Å². The number of hydrogen-bond donors (Lipinski definition) is 1. The maximum Gasteiger partial charge on any atom is 0.240 e. The Kier molecular flexibility index (Phi) is 9.83. The highest BCUT2D eigenvalue weighted by atomic mass is 35.5. The molecule has 0 fully saturated rings. The second kappa shape index (κ2) is 13.8. The maximum absolute atomic E-state index is 14.0. The van der Waals surface area contributed by atoms with Crippen molar-refractivity contribution in [1.29, 1.82) is 0 Å². The van der Waals surface area contributed by atoms with Crippen molar-refractivity contribution in [2.24, 2.45) is 0 Å². The lowest BCUT2D eigenvalue weighted by molar-refractivity contribution is -0.122. The zero-order chi connectivity index (χ0) is 31.4. The molecule has 5 rings (SSSR count). The summed E-state index contributed by atoms with van der Waals surface area (Å²) in [7, 11) is 7.13. The van der Waals surface area contributed by atoms with Crippen molar-refractivity contribution in [3.8, 4) is 28.4 Å². The summed E-state index contributed by atoms with van der Waals surface area (Å²) in [5, 5.41) is 8.32. The summed E-state index contributed by atoms with van der Waals surface area (Å²) >= 11 is 7.75. The Morgan fingerprint density at radius 3 is 2.45 bits per heavy atom. The summed E-state index contributed by atoms with van der Waals surface area (Å²) in [6.45, 7) is 3.01. The first-order valence-corrected chi connectivity index (χ1v) is 15.6. The highest BCUT2D eigenvalue weighted by Gasteiger charge is 2.38. The minimum absolute atomic E-state index is 0.138. The Morgan fingerprint density at radius 2 is 1.80 bits per heavy atom. The van der Waals surface area contributed by atoms with Gasteiger partial charge in [0.25, 0.3) is 0 Å². The van der Waals surface area contributed by atoms with E-state index < -0.39 is 0 Å². The predicted octanol–water partition coefficient (Wildman–Crippen LogP) is 5.37. The molecule has 0 aliphatic carbocycles. The Morgan fingerprint density at radius 1 is 1.07 bits per heavy atom. The van der Waals surface area contributed by atoms with Crippen molar-refractivity contribution in [1.82, 2.24) is 20.0 Å². The van der Waals surface area contributed by atoms with E-state index >= 15 is 0 Å². The van der Waals surface area contributed by atoms with Crippen LogP contribution in [0.4, 0.5) is 5.82 Å². The van der Waals surface area contributed by atoms with Gasteiger partial charge in [0.1, 0.15) is 23.9 Å². The van der Waals surface area contributed by atoms with Crippen LogP contribution in [0.1, 0.15) is 21.9 Å². The molecule has 3 aromatic carbocycles. The average molecular weight is 634 g/mol. The number of amides is 2. The van der Waals surface area contributed by atoms with Crippen LogP contribution in [0.2, 0.25) is 5.02 Å². The molecule has 44 heavy (non-hydrogen) atoms. The molecule has 0 saturated heterocycles. The second-order valence-corrected chi connectivity index (χ2v) is 12.3. The molecule has 0 spiro atoms. The molecule has 0 unspecified atom stereocenters. The number of anilines is 1. The van der Waals surface area contributed by atoms with Gasteiger partial charge in [0.05, 0.1) is 36.6 Å². The van der Waals surface area contributed by atoms with Crippen LogP contribution >= 0.6 is 23.4 Å². The number of carbonyl (C=O) groups excluding carboxylic acids is 2. The quantitative estimate of drug-likeness (QED) is 0.251.